The van der Waals surface area contributed by atoms with Gasteiger partial charge in [-0.05, 0) is 38.2 Å². The quantitative estimate of drug-likeness (QED) is 0.299. The summed E-state index contributed by atoms with van der Waals surface area (Å²) in [5, 5.41) is 8.38. The van der Waals surface area contributed by atoms with Crippen molar-refractivity contribution in [2.24, 2.45) is 0 Å². The van der Waals surface area contributed by atoms with Crippen LogP contribution in [0.15, 0.2) is 36.8 Å². The molecule has 0 bridgehead atoms. The lowest BCUT2D eigenvalue weighted by Gasteiger charge is -2.29. The van der Waals surface area contributed by atoms with Crippen LogP contribution in [0.1, 0.15) is 20.8 Å². The standard InChI is InChI=1S/C24H32N10O2/c1-6-32(7-2)15-33(8-3)21-10-9-16(13-26-21)29-24-30-23(25)34(31-24)22-17-11-19(35-4)20(36-5)12-18(17)27-14-28-22/h9-14H,6-8,15H2,1-5H3,(H3,25,29,30,31). The molecule has 36 heavy (non-hydrogen) atoms. The number of nitrogens with zero attached hydrogens (tertiary/aromatic N) is 8. The minimum absolute atomic E-state index is 0.174. The second kappa shape index (κ2) is 11.0. The molecular formula is C24H32N10O2. The first-order valence-corrected chi connectivity index (χ1v) is 11.8. The van der Waals surface area contributed by atoms with Crippen molar-refractivity contribution in [3.05, 3.63) is 36.8 Å². The van der Waals surface area contributed by atoms with Crippen LogP contribution in [0.4, 0.5) is 23.4 Å². The predicted molar refractivity (Wildman–Crippen MR) is 140 cm³/mol. The van der Waals surface area contributed by atoms with Crippen molar-refractivity contribution in [3.8, 4) is 17.3 Å². The Morgan fingerprint density at radius 1 is 0.972 bits per heavy atom. The first kappa shape index (κ1) is 24.9. The van der Waals surface area contributed by atoms with E-state index in [1.54, 1.807) is 32.5 Å². The number of pyridine rings is 1. The van der Waals surface area contributed by atoms with Crippen LogP contribution in [0.3, 0.4) is 0 Å². The first-order valence-electron chi connectivity index (χ1n) is 11.8. The van der Waals surface area contributed by atoms with Crippen LogP contribution in [0, 0.1) is 0 Å². The fraction of sp³-hybridized carbons (Fsp3) is 0.375. The third kappa shape index (κ3) is 5.08. The van der Waals surface area contributed by atoms with Gasteiger partial charge in [-0.3, -0.25) is 4.90 Å². The number of methoxy groups -OCH3 is 2. The SMILES string of the molecule is CCN(CC)CN(CC)c1ccc(Nc2nc(N)n(-c3ncnc4cc(OC)c(OC)cc34)n2)cn1. The molecule has 0 atom stereocenters. The minimum Gasteiger partial charge on any atom is -0.493 e. The molecule has 3 heterocycles. The molecule has 0 radical (unpaired) electrons. The van der Waals surface area contributed by atoms with Gasteiger partial charge in [-0.25, -0.2) is 15.0 Å². The van der Waals surface area contributed by atoms with Crippen molar-refractivity contribution in [1.82, 2.24) is 34.6 Å². The van der Waals surface area contributed by atoms with E-state index in [1.807, 2.05) is 12.1 Å². The van der Waals surface area contributed by atoms with Crippen molar-refractivity contribution in [2.45, 2.75) is 20.8 Å². The number of rotatable bonds is 11. The molecule has 12 heteroatoms. The molecular weight excluding hydrogens is 460 g/mol. The largest absolute Gasteiger partial charge is 0.493 e. The fourth-order valence-electron chi connectivity index (χ4n) is 3.85. The van der Waals surface area contributed by atoms with Gasteiger partial charge in [-0.15, -0.1) is 5.10 Å². The molecule has 0 saturated carbocycles. The molecule has 0 saturated heterocycles. The number of anilines is 4. The highest BCUT2D eigenvalue weighted by Gasteiger charge is 2.17. The molecule has 0 fully saturated rings. The van der Waals surface area contributed by atoms with E-state index >= 15 is 0 Å². The van der Waals surface area contributed by atoms with E-state index < -0.39 is 0 Å². The summed E-state index contributed by atoms with van der Waals surface area (Å²) in [5.41, 5.74) is 7.61. The van der Waals surface area contributed by atoms with Crippen molar-refractivity contribution >= 4 is 34.3 Å². The monoisotopic (exact) mass is 492 g/mol. The van der Waals surface area contributed by atoms with Gasteiger partial charge in [-0.2, -0.15) is 9.67 Å². The average molecular weight is 493 g/mol. The van der Waals surface area contributed by atoms with E-state index in [1.165, 1.54) is 11.0 Å². The van der Waals surface area contributed by atoms with Crippen molar-refractivity contribution in [2.75, 3.05) is 56.5 Å². The highest BCUT2D eigenvalue weighted by molar-refractivity contribution is 5.88. The number of nitrogen functional groups attached to an aromatic ring is 1. The molecule has 3 aromatic heterocycles. The zero-order valence-electron chi connectivity index (χ0n) is 21.3. The lowest BCUT2D eigenvalue weighted by molar-refractivity contribution is 0.302. The van der Waals surface area contributed by atoms with E-state index in [-0.39, 0.29) is 5.95 Å². The van der Waals surface area contributed by atoms with Gasteiger partial charge in [0.15, 0.2) is 17.3 Å². The zero-order valence-corrected chi connectivity index (χ0v) is 21.3. The predicted octanol–water partition coefficient (Wildman–Crippen LogP) is 3.07. The molecule has 0 aliphatic carbocycles. The number of benzene rings is 1. The third-order valence-corrected chi connectivity index (χ3v) is 5.93. The van der Waals surface area contributed by atoms with Crippen LogP contribution >= 0.6 is 0 Å². The maximum absolute atomic E-state index is 6.21. The Morgan fingerprint density at radius 3 is 2.36 bits per heavy atom. The molecule has 4 rings (SSSR count). The molecule has 0 spiro atoms. The van der Waals surface area contributed by atoms with Crippen molar-refractivity contribution in [3.63, 3.8) is 0 Å². The van der Waals surface area contributed by atoms with Gasteiger partial charge in [0, 0.05) is 18.0 Å². The minimum atomic E-state index is 0.174. The first-order chi connectivity index (χ1) is 17.5. The third-order valence-electron chi connectivity index (χ3n) is 5.93. The summed E-state index contributed by atoms with van der Waals surface area (Å²) in [4.78, 5) is 22.3. The van der Waals surface area contributed by atoms with Gasteiger partial charge in [0.2, 0.25) is 11.9 Å². The van der Waals surface area contributed by atoms with E-state index in [4.69, 9.17) is 15.2 Å². The number of aromatic nitrogens is 6. The number of nitrogens with one attached hydrogen (secondary N) is 1. The summed E-state index contributed by atoms with van der Waals surface area (Å²) in [6.07, 6.45) is 3.20. The normalized spacial score (nSPS) is 11.2. The Labute approximate surface area is 210 Å². The van der Waals surface area contributed by atoms with Crippen molar-refractivity contribution in [1.29, 1.82) is 0 Å². The van der Waals surface area contributed by atoms with Crippen LogP contribution in [0.2, 0.25) is 0 Å². The van der Waals surface area contributed by atoms with E-state index in [9.17, 15) is 0 Å². The summed E-state index contributed by atoms with van der Waals surface area (Å²) < 4.78 is 12.3. The van der Waals surface area contributed by atoms with Crippen LogP contribution in [0.25, 0.3) is 16.7 Å². The second-order valence-corrected chi connectivity index (χ2v) is 7.96. The van der Waals surface area contributed by atoms with Gasteiger partial charge in [0.1, 0.15) is 12.1 Å². The highest BCUT2D eigenvalue weighted by atomic mass is 16.5. The number of hydrogen-bond donors (Lipinski definition) is 2. The second-order valence-electron chi connectivity index (χ2n) is 7.96. The Hall–Kier alpha value is -4.19. The Bertz CT molecular complexity index is 1300. The van der Waals surface area contributed by atoms with Crippen LogP contribution in [-0.2, 0) is 0 Å². The summed E-state index contributed by atoms with van der Waals surface area (Å²) in [6, 6.07) is 7.49. The molecule has 12 nitrogen and oxygen atoms in total. The molecule has 0 unspecified atom stereocenters. The van der Waals surface area contributed by atoms with Gasteiger partial charge < -0.3 is 25.4 Å². The van der Waals surface area contributed by atoms with Crippen LogP contribution in [0.5, 0.6) is 11.5 Å². The Balaban J connectivity index is 1.58. The number of ether oxygens (including phenoxy) is 2. The number of fused-ring (bicyclic) bond motifs is 1. The fourth-order valence-corrected chi connectivity index (χ4v) is 3.85. The maximum atomic E-state index is 6.21. The zero-order chi connectivity index (χ0) is 25.7. The number of nitrogens with two attached hydrogens (primary N) is 1. The van der Waals surface area contributed by atoms with Crippen molar-refractivity contribution < 1.29 is 9.47 Å². The summed E-state index contributed by atoms with van der Waals surface area (Å²) >= 11 is 0. The van der Waals surface area contributed by atoms with E-state index in [0.29, 0.717) is 34.2 Å². The Morgan fingerprint density at radius 2 is 1.72 bits per heavy atom. The Kier molecular flexibility index (Phi) is 7.64. The number of hydrogen-bond acceptors (Lipinski definition) is 11. The molecule has 0 aliphatic heterocycles. The topological polar surface area (TPSA) is 132 Å². The van der Waals surface area contributed by atoms with Gasteiger partial charge in [0.25, 0.3) is 0 Å². The lowest BCUT2D eigenvalue weighted by Crippen LogP contribution is -2.38. The molecule has 0 aliphatic rings. The average Bonchev–Trinajstić information content (AvgIpc) is 3.28. The van der Waals surface area contributed by atoms with Crippen LogP contribution < -0.4 is 25.4 Å². The smallest absolute Gasteiger partial charge is 0.248 e. The van der Waals surface area contributed by atoms with Gasteiger partial charge >= 0.3 is 0 Å². The molecule has 190 valence electrons. The molecule has 0 amide bonds. The highest BCUT2D eigenvalue weighted by Crippen LogP contribution is 2.33. The van der Waals surface area contributed by atoms with Crippen LogP contribution in [-0.4, -0.2) is 75.1 Å². The van der Waals surface area contributed by atoms with Gasteiger partial charge in [0.05, 0.1) is 38.3 Å². The summed E-state index contributed by atoms with van der Waals surface area (Å²) in [7, 11) is 3.15. The lowest BCUT2D eigenvalue weighted by atomic mass is 10.2. The molecule has 4 aromatic rings. The summed E-state index contributed by atoms with van der Waals surface area (Å²) in [6.45, 7) is 10.1. The summed E-state index contributed by atoms with van der Waals surface area (Å²) in [5.74, 6) is 3.00. The maximum Gasteiger partial charge on any atom is 0.248 e. The molecule has 1 aromatic carbocycles. The molecule has 3 N–H and O–H groups in total. The van der Waals surface area contributed by atoms with E-state index in [2.05, 4.69) is 60.9 Å². The van der Waals surface area contributed by atoms with E-state index in [0.717, 1.165) is 37.8 Å². The van der Waals surface area contributed by atoms with Gasteiger partial charge in [-0.1, -0.05) is 13.8 Å².